The molecule has 278 valence electrons. The van der Waals surface area contributed by atoms with E-state index in [0.29, 0.717) is 11.3 Å². The molecule has 0 aliphatic rings. The van der Waals surface area contributed by atoms with Crippen LogP contribution in [0.15, 0.2) is 132 Å². The van der Waals surface area contributed by atoms with Gasteiger partial charge in [-0.25, -0.2) is 9.59 Å². The van der Waals surface area contributed by atoms with Gasteiger partial charge < -0.3 is 34.5 Å². The monoisotopic (exact) mass is 748 g/mol. The van der Waals surface area contributed by atoms with Gasteiger partial charge in [-0.1, -0.05) is 114 Å². The molecule has 0 saturated heterocycles. The van der Waals surface area contributed by atoms with E-state index >= 15 is 0 Å². The van der Waals surface area contributed by atoms with Gasteiger partial charge in [-0.05, 0) is 22.8 Å². The summed E-state index contributed by atoms with van der Waals surface area (Å²) >= 11 is 0. The van der Waals surface area contributed by atoms with E-state index in [0.717, 1.165) is 27.6 Å². The third-order valence-corrected chi connectivity index (χ3v) is 11.3. The molecule has 4 atom stereocenters. The van der Waals surface area contributed by atoms with Crippen molar-refractivity contribution in [3.63, 3.8) is 0 Å². The molecule has 1 unspecified atom stereocenters. The minimum Gasteiger partial charge on any atom is -0.467 e. The highest BCUT2D eigenvalue weighted by Gasteiger charge is 2.39. The standard InChI is InChI=1S/C41H41N4O8P/c1-51-40(47)37(23-31-25-42-35-20-12-11-19-34(31)35)43-39(46)32(22-33-24-36(45-53-33)30-17-9-4-10-18-30)27-54(49,50)38(21-28-13-5-2-6-14-28)44-41(48)52-26-29-15-7-3-8-16-29/h2-20,24-25,32,37-38,42H,21-23,26-27H2,1H3,(H,43,46)(H,44,48)(H,49,50)/t32-,37+,38-/m1/s1. The molecule has 4 N–H and O–H groups in total. The van der Waals surface area contributed by atoms with Crippen LogP contribution in [-0.4, -0.2) is 58.1 Å². The highest BCUT2D eigenvalue weighted by atomic mass is 31.2. The molecule has 0 aliphatic carbocycles. The van der Waals surface area contributed by atoms with Gasteiger partial charge in [-0.15, -0.1) is 0 Å². The number of hydrogen-bond donors (Lipinski definition) is 4. The predicted octanol–water partition coefficient (Wildman–Crippen LogP) is 6.65. The highest BCUT2D eigenvalue weighted by Crippen LogP contribution is 2.48. The maximum atomic E-state index is 14.5. The Morgan fingerprint density at radius 2 is 1.48 bits per heavy atom. The smallest absolute Gasteiger partial charge is 0.408 e. The van der Waals surface area contributed by atoms with Crippen molar-refractivity contribution in [2.45, 2.75) is 37.7 Å². The maximum absolute atomic E-state index is 14.5. The van der Waals surface area contributed by atoms with Crippen molar-refractivity contribution in [3.8, 4) is 11.3 Å². The summed E-state index contributed by atoms with van der Waals surface area (Å²) in [4.78, 5) is 55.4. The van der Waals surface area contributed by atoms with Crippen molar-refractivity contribution < 1.29 is 37.8 Å². The minimum atomic E-state index is -4.44. The number of nitrogens with one attached hydrogen (secondary N) is 3. The number of carbonyl (C=O) groups excluding carboxylic acids is 3. The molecule has 2 heterocycles. The van der Waals surface area contributed by atoms with Gasteiger partial charge in [0.25, 0.3) is 0 Å². The number of H-pyrrole nitrogens is 1. The molecule has 0 bridgehead atoms. The number of methoxy groups -OCH3 is 1. The fourth-order valence-electron chi connectivity index (χ4n) is 6.26. The van der Waals surface area contributed by atoms with E-state index in [4.69, 9.17) is 14.0 Å². The van der Waals surface area contributed by atoms with Gasteiger partial charge in [0.15, 0.2) is 0 Å². The molecule has 12 nitrogen and oxygen atoms in total. The van der Waals surface area contributed by atoms with E-state index in [1.165, 1.54) is 7.11 Å². The molecule has 4 aromatic carbocycles. The largest absolute Gasteiger partial charge is 0.467 e. The summed E-state index contributed by atoms with van der Waals surface area (Å²) in [6.45, 7) is -0.0495. The first-order valence-electron chi connectivity index (χ1n) is 17.5. The lowest BCUT2D eigenvalue weighted by atomic mass is 10.0. The van der Waals surface area contributed by atoms with Crippen LogP contribution >= 0.6 is 7.37 Å². The van der Waals surface area contributed by atoms with Crippen molar-refractivity contribution >= 4 is 36.2 Å². The molecule has 0 saturated carbocycles. The molecule has 2 aromatic heterocycles. The normalized spacial score (nSPS) is 14.0. The van der Waals surface area contributed by atoms with E-state index in [-0.39, 0.29) is 31.6 Å². The van der Waals surface area contributed by atoms with Crippen LogP contribution in [0.4, 0.5) is 4.79 Å². The minimum absolute atomic E-state index is 0.0186. The van der Waals surface area contributed by atoms with Crippen LogP contribution in [0.1, 0.15) is 22.5 Å². The Balaban J connectivity index is 1.27. The SMILES string of the molecule is COC(=O)[C@H](Cc1c[nH]c2ccccc12)NC(=O)[C@H](Cc1cc(-c2ccccc2)no1)CP(=O)(O)[C@H](Cc1ccccc1)NC(=O)OCc1ccccc1. The van der Waals surface area contributed by atoms with Gasteiger partial charge in [0.05, 0.1) is 13.0 Å². The second-order valence-corrected chi connectivity index (χ2v) is 15.4. The summed E-state index contributed by atoms with van der Waals surface area (Å²) in [5.74, 6) is -3.60. The summed E-state index contributed by atoms with van der Waals surface area (Å²) in [7, 11) is -3.21. The van der Waals surface area contributed by atoms with E-state index in [1.807, 2.05) is 78.9 Å². The average Bonchev–Trinajstić information content (AvgIpc) is 3.84. The summed E-state index contributed by atoms with van der Waals surface area (Å²) in [5, 5.41) is 10.4. The van der Waals surface area contributed by atoms with Gasteiger partial charge >= 0.3 is 12.1 Å². The molecule has 0 radical (unpaired) electrons. The van der Waals surface area contributed by atoms with Crippen LogP contribution in [0.2, 0.25) is 0 Å². The summed E-state index contributed by atoms with van der Waals surface area (Å²) in [6.07, 6.45) is 0.253. The van der Waals surface area contributed by atoms with Crippen molar-refractivity contribution in [2.75, 3.05) is 13.3 Å². The summed E-state index contributed by atoms with van der Waals surface area (Å²) in [5.41, 5.74) is 4.37. The molecule has 0 fully saturated rings. The lowest BCUT2D eigenvalue weighted by Crippen LogP contribution is -2.47. The van der Waals surface area contributed by atoms with Gasteiger partial charge in [0.1, 0.15) is 29.9 Å². The van der Waals surface area contributed by atoms with Crippen LogP contribution in [0.25, 0.3) is 22.2 Å². The number of fused-ring (bicyclic) bond motifs is 1. The lowest BCUT2D eigenvalue weighted by Gasteiger charge is -2.28. The molecule has 13 heteroatoms. The number of alkyl carbamates (subject to hydrolysis) is 1. The van der Waals surface area contributed by atoms with Gasteiger partial charge in [0.2, 0.25) is 13.3 Å². The first-order chi connectivity index (χ1) is 26.2. The number of esters is 1. The molecular weight excluding hydrogens is 707 g/mol. The van der Waals surface area contributed by atoms with Crippen LogP contribution in [0.3, 0.4) is 0 Å². The van der Waals surface area contributed by atoms with Crippen LogP contribution in [0.5, 0.6) is 0 Å². The second kappa shape index (κ2) is 17.7. The Hall–Kier alpha value is -5.97. The quantitative estimate of drug-likeness (QED) is 0.0625. The Morgan fingerprint density at radius 3 is 2.19 bits per heavy atom. The van der Waals surface area contributed by atoms with E-state index in [2.05, 4.69) is 20.8 Å². The number of aromatic nitrogens is 2. The first kappa shape index (κ1) is 37.8. The summed E-state index contributed by atoms with van der Waals surface area (Å²) < 4.78 is 30.6. The lowest BCUT2D eigenvalue weighted by molar-refractivity contribution is -0.145. The molecule has 6 aromatic rings. The zero-order chi connectivity index (χ0) is 37.9. The fourth-order valence-corrected chi connectivity index (χ4v) is 8.24. The number of carbonyl (C=O) groups is 3. The number of hydrogen-bond acceptors (Lipinski definition) is 8. The average molecular weight is 749 g/mol. The highest BCUT2D eigenvalue weighted by molar-refractivity contribution is 7.58. The third-order valence-electron chi connectivity index (χ3n) is 9.09. The molecule has 54 heavy (non-hydrogen) atoms. The van der Waals surface area contributed by atoms with Gasteiger partial charge in [0, 0.05) is 54.2 Å². The van der Waals surface area contributed by atoms with Crippen molar-refractivity contribution in [1.82, 2.24) is 20.8 Å². The molecular formula is C41H41N4O8P. The predicted molar refractivity (Wildman–Crippen MR) is 203 cm³/mol. The Bertz CT molecular complexity index is 2210. The Kier molecular flexibility index (Phi) is 12.4. The fraction of sp³-hybridized carbons (Fsp3) is 0.220. The van der Waals surface area contributed by atoms with E-state index in [9.17, 15) is 23.8 Å². The van der Waals surface area contributed by atoms with Crippen molar-refractivity contribution in [1.29, 1.82) is 0 Å². The zero-order valence-corrected chi connectivity index (χ0v) is 30.5. The molecule has 6 rings (SSSR count). The number of amides is 2. The Labute approximate surface area is 312 Å². The van der Waals surface area contributed by atoms with E-state index in [1.54, 1.807) is 48.7 Å². The maximum Gasteiger partial charge on any atom is 0.408 e. The number of ether oxygens (including phenoxy) is 2. The van der Waals surface area contributed by atoms with Crippen LogP contribution in [0, 0.1) is 5.92 Å². The number of aromatic amines is 1. The Morgan fingerprint density at radius 1 is 0.833 bits per heavy atom. The van der Waals surface area contributed by atoms with Crippen molar-refractivity contribution in [2.24, 2.45) is 5.92 Å². The zero-order valence-electron chi connectivity index (χ0n) is 29.6. The third kappa shape index (κ3) is 9.91. The number of benzene rings is 4. The van der Waals surface area contributed by atoms with E-state index < -0.39 is 49.2 Å². The first-order valence-corrected chi connectivity index (χ1v) is 19.4. The molecule has 2 amide bonds. The number of rotatable bonds is 16. The van der Waals surface area contributed by atoms with Crippen LogP contribution < -0.4 is 10.6 Å². The van der Waals surface area contributed by atoms with Crippen molar-refractivity contribution in [3.05, 3.63) is 150 Å². The van der Waals surface area contributed by atoms with Crippen LogP contribution in [-0.2, 0) is 49.5 Å². The topological polar surface area (TPSA) is 173 Å². The molecule has 0 spiro atoms. The van der Waals surface area contributed by atoms with Gasteiger partial charge in [-0.2, -0.15) is 0 Å². The molecule has 0 aliphatic heterocycles. The summed E-state index contributed by atoms with van der Waals surface area (Å²) in [6, 6.07) is 35.4. The van der Waals surface area contributed by atoms with Gasteiger partial charge in [-0.3, -0.25) is 9.36 Å². The number of para-hydroxylation sites is 1. The number of nitrogens with zero attached hydrogens (tertiary/aromatic N) is 1. The second-order valence-electron chi connectivity index (χ2n) is 12.9.